The molecule has 0 radical (unpaired) electrons. The zero-order valence-electron chi connectivity index (χ0n) is 13.1. The van der Waals surface area contributed by atoms with Crippen molar-refractivity contribution < 1.29 is 0 Å². The summed E-state index contributed by atoms with van der Waals surface area (Å²) in [6.45, 7) is 0. The normalized spacial score (nSPS) is 11.0. The number of aromatic amines is 1. The number of pyridine rings is 1. The minimum atomic E-state index is -0.0967. The van der Waals surface area contributed by atoms with E-state index in [1.165, 1.54) is 11.8 Å². The zero-order chi connectivity index (χ0) is 16.5. The van der Waals surface area contributed by atoms with Gasteiger partial charge in [-0.2, -0.15) is 0 Å². The molecule has 118 valence electrons. The molecule has 0 unspecified atom stereocenters. The van der Waals surface area contributed by atoms with Crippen molar-refractivity contribution in [2.45, 2.75) is 10.1 Å². The SMILES string of the molecule is Cn1ccnc1Sc1c(-c2ccccc2)c2ccccc2[nH]c1=O. The van der Waals surface area contributed by atoms with Gasteiger partial charge in [-0.3, -0.25) is 4.79 Å². The van der Waals surface area contributed by atoms with Gasteiger partial charge >= 0.3 is 0 Å². The molecular weight excluding hydrogens is 318 g/mol. The third-order valence-electron chi connectivity index (χ3n) is 3.91. The van der Waals surface area contributed by atoms with E-state index in [0.29, 0.717) is 4.90 Å². The van der Waals surface area contributed by atoms with Gasteiger partial charge in [0.05, 0.1) is 4.90 Å². The van der Waals surface area contributed by atoms with E-state index < -0.39 is 0 Å². The van der Waals surface area contributed by atoms with E-state index in [-0.39, 0.29) is 5.56 Å². The van der Waals surface area contributed by atoms with Gasteiger partial charge < -0.3 is 9.55 Å². The Morgan fingerprint density at radius 2 is 1.79 bits per heavy atom. The maximum absolute atomic E-state index is 12.8. The number of H-pyrrole nitrogens is 1. The first-order chi connectivity index (χ1) is 11.7. The zero-order valence-corrected chi connectivity index (χ0v) is 13.9. The second kappa shape index (κ2) is 6.02. The molecule has 0 aliphatic heterocycles. The minimum absolute atomic E-state index is 0.0967. The number of fused-ring (bicyclic) bond motifs is 1. The average Bonchev–Trinajstić information content (AvgIpc) is 3.01. The molecule has 2 aromatic heterocycles. The Morgan fingerprint density at radius 1 is 1.04 bits per heavy atom. The van der Waals surface area contributed by atoms with Crippen LogP contribution in [0.25, 0.3) is 22.0 Å². The predicted octanol–water partition coefficient (Wildman–Crippen LogP) is 4.08. The number of aromatic nitrogens is 3. The topological polar surface area (TPSA) is 50.7 Å². The number of nitrogens with zero attached hydrogens (tertiary/aromatic N) is 2. The van der Waals surface area contributed by atoms with Crippen LogP contribution in [0, 0.1) is 0 Å². The molecule has 4 rings (SSSR count). The Hall–Kier alpha value is -2.79. The number of para-hydroxylation sites is 1. The summed E-state index contributed by atoms with van der Waals surface area (Å²) >= 11 is 1.39. The molecule has 0 aliphatic rings. The van der Waals surface area contributed by atoms with Gasteiger partial charge in [0.25, 0.3) is 5.56 Å². The summed E-state index contributed by atoms with van der Waals surface area (Å²) in [5.74, 6) is 0. The minimum Gasteiger partial charge on any atom is -0.329 e. The highest BCUT2D eigenvalue weighted by atomic mass is 32.2. The summed E-state index contributed by atoms with van der Waals surface area (Å²) in [5.41, 5.74) is 2.71. The smallest absolute Gasteiger partial charge is 0.263 e. The second-order valence-electron chi connectivity index (χ2n) is 5.49. The predicted molar refractivity (Wildman–Crippen MR) is 97.3 cm³/mol. The Morgan fingerprint density at radius 3 is 2.54 bits per heavy atom. The number of imidazole rings is 1. The molecule has 4 aromatic rings. The van der Waals surface area contributed by atoms with Crippen LogP contribution < -0.4 is 5.56 Å². The van der Waals surface area contributed by atoms with E-state index in [1.54, 1.807) is 6.20 Å². The van der Waals surface area contributed by atoms with E-state index in [4.69, 9.17) is 0 Å². The fraction of sp³-hybridized carbons (Fsp3) is 0.0526. The highest BCUT2D eigenvalue weighted by Crippen LogP contribution is 2.36. The molecule has 0 spiro atoms. The van der Waals surface area contributed by atoms with Crippen LogP contribution in [0.3, 0.4) is 0 Å². The number of benzene rings is 2. The molecule has 0 bridgehead atoms. The first kappa shape index (κ1) is 14.8. The van der Waals surface area contributed by atoms with E-state index in [0.717, 1.165) is 27.2 Å². The fourth-order valence-electron chi connectivity index (χ4n) is 2.76. The third kappa shape index (κ3) is 2.53. The van der Waals surface area contributed by atoms with Crippen LogP contribution in [0.1, 0.15) is 0 Å². The molecule has 5 heteroatoms. The monoisotopic (exact) mass is 333 g/mol. The van der Waals surface area contributed by atoms with Crippen molar-refractivity contribution in [3.05, 3.63) is 77.3 Å². The van der Waals surface area contributed by atoms with Gasteiger partial charge in [-0.25, -0.2) is 4.98 Å². The highest BCUT2D eigenvalue weighted by molar-refractivity contribution is 7.99. The van der Waals surface area contributed by atoms with E-state index in [9.17, 15) is 4.79 Å². The Balaban J connectivity index is 2.03. The Bertz CT molecular complexity index is 1070. The van der Waals surface area contributed by atoms with Crippen LogP contribution in [0.4, 0.5) is 0 Å². The molecule has 0 saturated heterocycles. The van der Waals surface area contributed by atoms with Crippen LogP contribution in [0.15, 0.2) is 81.8 Å². The lowest BCUT2D eigenvalue weighted by Crippen LogP contribution is -2.11. The molecule has 0 aliphatic carbocycles. The van der Waals surface area contributed by atoms with E-state index >= 15 is 0 Å². The van der Waals surface area contributed by atoms with Crippen molar-refractivity contribution in [2.75, 3.05) is 0 Å². The maximum atomic E-state index is 12.8. The first-order valence-electron chi connectivity index (χ1n) is 7.59. The summed E-state index contributed by atoms with van der Waals surface area (Å²) in [6, 6.07) is 17.9. The summed E-state index contributed by atoms with van der Waals surface area (Å²) < 4.78 is 1.91. The lowest BCUT2D eigenvalue weighted by atomic mass is 10.0. The molecule has 0 atom stereocenters. The van der Waals surface area contributed by atoms with Gasteiger partial charge in [0.1, 0.15) is 0 Å². The summed E-state index contributed by atoms with van der Waals surface area (Å²) in [5, 5.41) is 1.81. The van der Waals surface area contributed by atoms with Crippen LogP contribution >= 0.6 is 11.8 Å². The molecular formula is C19H15N3OS. The quantitative estimate of drug-likeness (QED) is 0.614. The lowest BCUT2D eigenvalue weighted by Gasteiger charge is -2.12. The van der Waals surface area contributed by atoms with Gasteiger partial charge in [0.2, 0.25) is 0 Å². The van der Waals surface area contributed by atoms with Gasteiger partial charge in [0, 0.05) is 35.9 Å². The van der Waals surface area contributed by atoms with Crippen LogP contribution in [-0.2, 0) is 7.05 Å². The molecule has 0 fully saturated rings. The Labute approximate surface area is 143 Å². The van der Waals surface area contributed by atoms with Gasteiger partial charge in [-0.15, -0.1) is 0 Å². The largest absolute Gasteiger partial charge is 0.329 e. The summed E-state index contributed by atoms with van der Waals surface area (Å²) in [6.07, 6.45) is 3.61. The van der Waals surface area contributed by atoms with Gasteiger partial charge in [-0.05, 0) is 23.4 Å². The third-order valence-corrected chi connectivity index (χ3v) is 5.08. The van der Waals surface area contributed by atoms with Crippen LogP contribution in [-0.4, -0.2) is 14.5 Å². The van der Waals surface area contributed by atoms with E-state index in [2.05, 4.69) is 9.97 Å². The first-order valence-corrected chi connectivity index (χ1v) is 8.41. The summed E-state index contributed by atoms with van der Waals surface area (Å²) in [4.78, 5) is 20.7. The molecule has 2 heterocycles. The number of nitrogens with one attached hydrogen (secondary N) is 1. The molecule has 4 nitrogen and oxygen atoms in total. The molecule has 0 amide bonds. The van der Waals surface area contributed by atoms with Crippen LogP contribution in [0.2, 0.25) is 0 Å². The molecule has 2 aromatic carbocycles. The van der Waals surface area contributed by atoms with Gasteiger partial charge in [-0.1, -0.05) is 48.5 Å². The van der Waals surface area contributed by atoms with Crippen molar-refractivity contribution in [1.29, 1.82) is 0 Å². The van der Waals surface area contributed by atoms with Crippen LogP contribution in [0.5, 0.6) is 0 Å². The Kier molecular flexibility index (Phi) is 3.70. The average molecular weight is 333 g/mol. The van der Waals surface area contributed by atoms with Crippen molar-refractivity contribution in [2.24, 2.45) is 7.05 Å². The number of hydrogen-bond donors (Lipinski definition) is 1. The fourth-order valence-corrected chi connectivity index (χ4v) is 3.73. The lowest BCUT2D eigenvalue weighted by molar-refractivity contribution is 0.790. The van der Waals surface area contributed by atoms with Crippen molar-refractivity contribution in [3.63, 3.8) is 0 Å². The maximum Gasteiger partial charge on any atom is 0.263 e. The van der Waals surface area contributed by atoms with E-state index in [1.807, 2.05) is 72.4 Å². The molecule has 0 saturated carbocycles. The van der Waals surface area contributed by atoms with Crippen molar-refractivity contribution in [3.8, 4) is 11.1 Å². The van der Waals surface area contributed by atoms with Crippen molar-refractivity contribution in [1.82, 2.24) is 14.5 Å². The molecule has 24 heavy (non-hydrogen) atoms. The number of rotatable bonds is 3. The standard InChI is InChI=1S/C19H15N3OS/c1-22-12-11-20-19(22)24-17-16(13-7-3-2-4-8-13)14-9-5-6-10-15(14)21-18(17)23/h2-12H,1H3,(H,21,23). The molecule has 1 N–H and O–H groups in total. The second-order valence-corrected chi connectivity index (χ2v) is 6.47. The highest BCUT2D eigenvalue weighted by Gasteiger charge is 2.17. The summed E-state index contributed by atoms with van der Waals surface area (Å²) in [7, 11) is 1.92. The van der Waals surface area contributed by atoms with Crippen molar-refractivity contribution >= 4 is 22.7 Å². The van der Waals surface area contributed by atoms with Gasteiger partial charge in [0.15, 0.2) is 5.16 Å². The number of aryl methyl sites for hydroxylation is 1. The number of hydrogen-bond acceptors (Lipinski definition) is 3.